The van der Waals surface area contributed by atoms with Crippen LogP contribution in [0.3, 0.4) is 0 Å². The summed E-state index contributed by atoms with van der Waals surface area (Å²) < 4.78 is 24.9. The molecule has 4 aromatic rings. The quantitative estimate of drug-likeness (QED) is 0.0985. The number of rotatable bonds is 5. The van der Waals surface area contributed by atoms with E-state index in [-0.39, 0.29) is 47.3 Å². The number of carbonyl (C=O) groups excluding carboxylic acids is 1. The molecule has 0 amide bonds. The minimum atomic E-state index is -1.64. The van der Waals surface area contributed by atoms with Gasteiger partial charge in [0.25, 0.3) is 11.5 Å². The molecule has 2 bridgehead atoms. The van der Waals surface area contributed by atoms with Crippen molar-refractivity contribution in [2.24, 2.45) is 0 Å². The standard InChI is InChI=1S/C33H27NO11/c1-42-29(39)15-32-16-33(19-5-8-23(36)25(38)13-19,44-27-11-6-20(34(40)41)14-21(27)32)45-28-10-4-17-3-9-26(43-31(17)30(28)32)18-2-7-22(35)24(37)12-18/h2,4-8,10-14,26,35-38H,3,9,15-16H2,1H3/t26-,32-,33+/m1/s1. The molecule has 4 N–H and O–H groups in total. The number of carbonyl (C=O) groups is 1. The Bertz CT molecular complexity index is 1910. The number of nitro benzene ring substituents is 1. The lowest BCUT2D eigenvalue weighted by Gasteiger charge is -2.53. The summed E-state index contributed by atoms with van der Waals surface area (Å²) in [5.74, 6) is -2.66. The molecular weight excluding hydrogens is 586 g/mol. The van der Waals surface area contributed by atoms with Crippen LogP contribution in [0.15, 0.2) is 66.7 Å². The molecule has 3 atom stereocenters. The number of nitrogens with zero attached hydrogens (tertiary/aromatic N) is 1. The Kier molecular flexibility index (Phi) is 6.22. The zero-order valence-electron chi connectivity index (χ0n) is 23.9. The van der Waals surface area contributed by atoms with Crippen molar-refractivity contribution in [3.8, 4) is 40.2 Å². The average Bonchev–Trinajstić information content (AvgIpc) is 3.02. The molecule has 0 saturated carbocycles. The van der Waals surface area contributed by atoms with Gasteiger partial charge in [0.1, 0.15) is 23.4 Å². The molecule has 3 aliphatic heterocycles. The maximum atomic E-state index is 13.3. The summed E-state index contributed by atoms with van der Waals surface area (Å²) in [6.45, 7) is 0. The fourth-order valence-corrected chi connectivity index (χ4v) is 6.74. The molecule has 45 heavy (non-hydrogen) atoms. The van der Waals surface area contributed by atoms with E-state index in [0.29, 0.717) is 40.8 Å². The number of hydrogen-bond acceptors (Lipinski definition) is 11. The molecule has 0 aromatic heterocycles. The normalized spacial score (nSPS) is 22.4. The molecule has 3 heterocycles. The maximum absolute atomic E-state index is 13.3. The molecule has 7 rings (SSSR count). The van der Waals surface area contributed by atoms with E-state index in [1.54, 1.807) is 12.1 Å². The number of benzene rings is 4. The third kappa shape index (κ3) is 4.32. The minimum absolute atomic E-state index is 0.0784. The summed E-state index contributed by atoms with van der Waals surface area (Å²) in [6.07, 6.45) is 0.204. The number of ether oxygens (including phenoxy) is 4. The third-order valence-electron chi connectivity index (χ3n) is 8.85. The highest BCUT2D eigenvalue weighted by molar-refractivity contribution is 5.77. The second-order valence-electron chi connectivity index (χ2n) is 11.4. The first-order chi connectivity index (χ1) is 21.5. The highest BCUT2D eigenvalue weighted by atomic mass is 16.7. The zero-order chi connectivity index (χ0) is 31.7. The fraction of sp³-hybridized carbons (Fsp3) is 0.242. The SMILES string of the molecule is COC(=O)C[C@@]12C[C@](c3ccc(O)c(O)c3)(Oc3ccc([N+](=O)[O-])cc31)Oc1ccc3c(c12)O[C@@H](c1ccc(O)c(O)c1)CC3. The van der Waals surface area contributed by atoms with Crippen molar-refractivity contribution in [1.82, 2.24) is 0 Å². The van der Waals surface area contributed by atoms with E-state index in [1.807, 2.05) is 6.07 Å². The highest BCUT2D eigenvalue weighted by Gasteiger charge is 2.60. The van der Waals surface area contributed by atoms with Crippen molar-refractivity contribution in [1.29, 1.82) is 0 Å². The zero-order valence-corrected chi connectivity index (χ0v) is 23.9. The highest BCUT2D eigenvalue weighted by Crippen LogP contribution is 2.63. The van der Waals surface area contributed by atoms with E-state index in [1.165, 1.54) is 55.6 Å². The van der Waals surface area contributed by atoms with Crippen LogP contribution in [-0.4, -0.2) is 38.4 Å². The topological polar surface area (TPSA) is 178 Å². The Hall–Kier alpha value is -5.65. The summed E-state index contributed by atoms with van der Waals surface area (Å²) in [6, 6.07) is 16.3. The van der Waals surface area contributed by atoms with Crippen molar-refractivity contribution in [2.45, 2.75) is 43.0 Å². The van der Waals surface area contributed by atoms with Crippen molar-refractivity contribution in [3.63, 3.8) is 0 Å². The summed E-state index contributed by atoms with van der Waals surface area (Å²) in [7, 11) is 1.25. The molecule has 230 valence electrons. The van der Waals surface area contributed by atoms with Gasteiger partial charge in [-0.05, 0) is 66.4 Å². The van der Waals surface area contributed by atoms with E-state index in [4.69, 9.17) is 18.9 Å². The van der Waals surface area contributed by atoms with E-state index in [0.717, 1.165) is 5.56 Å². The minimum Gasteiger partial charge on any atom is -0.504 e. The van der Waals surface area contributed by atoms with Crippen molar-refractivity contribution >= 4 is 11.7 Å². The predicted molar refractivity (Wildman–Crippen MR) is 156 cm³/mol. The summed E-state index contributed by atoms with van der Waals surface area (Å²) in [5, 5.41) is 52.5. The van der Waals surface area contributed by atoms with Gasteiger partial charge in [-0.15, -0.1) is 0 Å². The van der Waals surface area contributed by atoms with Crippen molar-refractivity contribution in [2.75, 3.05) is 7.11 Å². The maximum Gasteiger partial charge on any atom is 0.306 e. The lowest BCUT2D eigenvalue weighted by Crippen LogP contribution is -2.54. The van der Waals surface area contributed by atoms with Crippen LogP contribution in [0.5, 0.6) is 40.2 Å². The fourth-order valence-electron chi connectivity index (χ4n) is 6.74. The van der Waals surface area contributed by atoms with Crippen molar-refractivity contribution in [3.05, 3.63) is 105 Å². The van der Waals surface area contributed by atoms with E-state index in [9.17, 15) is 35.3 Å². The van der Waals surface area contributed by atoms with Gasteiger partial charge < -0.3 is 39.4 Å². The number of hydrogen-bond donors (Lipinski definition) is 4. The van der Waals surface area contributed by atoms with Crippen LogP contribution >= 0.6 is 0 Å². The van der Waals surface area contributed by atoms with Crippen LogP contribution in [0.4, 0.5) is 5.69 Å². The monoisotopic (exact) mass is 613 g/mol. The molecule has 4 aromatic carbocycles. The van der Waals surface area contributed by atoms with Gasteiger partial charge in [0.15, 0.2) is 23.0 Å². The number of phenolic OH excluding ortho intramolecular Hbond substituents is 4. The molecule has 0 radical (unpaired) electrons. The van der Waals surface area contributed by atoms with Crippen LogP contribution in [-0.2, 0) is 27.2 Å². The molecule has 12 nitrogen and oxygen atoms in total. The lowest BCUT2D eigenvalue weighted by atomic mass is 9.63. The smallest absolute Gasteiger partial charge is 0.306 e. The van der Waals surface area contributed by atoms with Crippen LogP contribution in [0.25, 0.3) is 0 Å². The summed E-state index contributed by atoms with van der Waals surface area (Å²) in [5.41, 5.74) is 1.02. The Balaban J connectivity index is 1.50. The molecule has 12 heteroatoms. The van der Waals surface area contributed by atoms with Crippen LogP contribution in [0, 0.1) is 10.1 Å². The average molecular weight is 614 g/mol. The summed E-state index contributed by atoms with van der Waals surface area (Å²) >= 11 is 0. The number of fused-ring (bicyclic) bond motifs is 8. The number of non-ortho nitro benzene ring substituents is 1. The Morgan fingerprint density at radius 3 is 2.36 bits per heavy atom. The van der Waals surface area contributed by atoms with Crippen LogP contribution < -0.4 is 14.2 Å². The second kappa shape index (κ2) is 9.94. The van der Waals surface area contributed by atoms with E-state index in [2.05, 4.69) is 0 Å². The summed E-state index contributed by atoms with van der Waals surface area (Å²) in [4.78, 5) is 24.7. The molecular formula is C33H27NO11. The lowest BCUT2D eigenvalue weighted by molar-refractivity contribution is -0.385. The van der Waals surface area contributed by atoms with E-state index >= 15 is 0 Å². The third-order valence-corrected chi connectivity index (χ3v) is 8.85. The predicted octanol–water partition coefficient (Wildman–Crippen LogP) is 5.36. The van der Waals surface area contributed by atoms with Crippen LogP contribution in [0.2, 0.25) is 0 Å². The first-order valence-corrected chi connectivity index (χ1v) is 14.1. The van der Waals surface area contributed by atoms with Gasteiger partial charge in [0.05, 0.1) is 18.5 Å². The Labute approximate surface area is 255 Å². The Morgan fingerprint density at radius 2 is 1.64 bits per heavy atom. The van der Waals surface area contributed by atoms with Gasteiger partial charge in [-0.25, -0.2) is 0 Å². The number of aryl methyl sites for hydroxylation is 1. The molecule has 0 spiro atoms. The van der Waals surface area contributed by atoms with Crippen molar-refractivity contribution < 1.29 is 49.1 Å². The number of esters is 1. The number of aromatic hydroxyl groups is 4. The molecule has 0 unspecified atom stereocenters. The largest absolute Gasteiger partial charge is 0.504 e. The van der Waals surface area contributed by atoms with Gasteiger partial charge in [-0.3, -0.25) is 14.9 Å². The number of methoxy groups -OCH3 is 1. The van der Waals surface area contributed by atoms with Gasteiger partial charge in [-0.2, -0.15) is 0 Å². The second-order valence-corrected chi connectivity index (χ2v) is 11.4. The number of nitro groups is 1. The van der Waals surface area contributed by atoms with Gasteiger partial charge in [0.2, 0.25) is 0 Å². The van der Waals surface area contributed by atoms with Gasteiger partial charge >= 0.3 is 5.97 Å². The Morgan fingerprint density at radius 1 is 0.933 bits per heavy atom. The van der Waals surface area contributed by atoms with Gasteiger partial charge in [-0.1, -0.05) is 12.1 Å². The molecule has 3 aliphatic rings. The molecule has 0 fully saturated rings. The van der Waals surface area contributed by atoms with Gasteiger partial charge in [0, 0.05) is 40.7 Å². The van der Waals surface area contributed by atoms with E-state index < -0.39 is 33.9 Å². The molecule has 0 saturated heterocycles. The molecule has 0 aliphatic carbocycles. The first kappa shape index (κ1) is 28.1. The first-order valence-electron chi connectivity index (χ1n) is 14.1. The number of phenols is 4. The van der Waals surface area contributed by atoms with Crippen LogP contribution in [0.1, 0.15) is 53.2 Å².